The molecule has 0 radical (unpaired) electrons. The Morgan fingerprint density at radius 2 is 2.44 bits per heavy atom. The number of rotatable bonds is 4. The van der Waals surface area contributed by atoms with Gasteiger partial charge in [0.15, 0.2) is 0 Å². The molecular weight excluding hydrogens is 248 g/mol. The Kier molecular flexibility index (Phi) is 4.74. The SMILES string of the molecule is CCc1ccc(C(=O)N2CCOC(CNC)C2)s1. The van der Waals surface area contributed by atoms with E-state index in [0.29, 0.717) is 19.7 Å². The van der Waals surface area contributed by atoms with Crippen LogP contribution in [0.5, 0.6) is 0 Å². The summed E-state index contributed by atoms with van der Waals surface area (Å²) >= 11 is 1.60. The number of morpholine rings is 1. The van der Waals surface area contributed by atoms with E-state index in [0.717, 1.165) is 17.8 Å². The van der Waals surface area contributed by atoms with Gasteiger partial charge in [0.25, 0.3) is 5.91 Å². The van der Waals surface area contributed by atoms with Gasteiger partial charge in [0.1, 0.15) is 0 Å². The highest BCUT2D eigenvalue weighted by atomic mass is 32.1. The van der Waals surface area contributed by atoms with Crippen LogP contribution in [-0.4, -0.2) is 50.2 Å². The number of carbonyl (C=O) groups is 1. The minimum atomic E-state index is 0.110. The van der Waals surface area contributed by atoms with Crippen molar-refractivity contribution in [2.45, 2.75) is 19.4 Å². The molecule has 0 aliphatic carbocycles. The Balaban J connectivity index is 1.99. The van der Waals surface area contributed by atoms with Crippen molar-refractivity contribution in [1.82, 2.24) is 10.2 Å². The second-order valence-electron chi connectivity index (χ2n) is 4.42. The monoisotopic (exact) mass is 268 g/mol. The predicted molar refractivity (Wildman–Crippen MR) is 73.3 cm³/mol. The van der Waals surface area contributed by atoms with Crippen LogP contribution in [0, 0.1) is 0 Å². The molecule has 1 amide bonds. The lowest BCUT2D eigenvalue weighted by Crippen LogP contribution is -2.48. The predicted octanol–water partition coefficient (Wildman–Crippen LogP) is 1.37. The summed E-state index contributed by atoms with van der Waals surface area (Å²) in [6.07, 6.45) is 1.10. The molecule has 1 atom stereocenters. The van der Waals surface area contributed by atoms with Gasteiger partial charge in [-0.15, -0.1) is 11.3 Å². The molecule has 0 aromatic carbocycles. The van der Waals surface area contributed by atoms with Crippen molar-refractivity contribution >= 4 is 17.2 Å². The molecule has 5 heteroatoms. The number of nitrogens with zero attached hydrogens (tertiary/aromatic N) is 1. The smallest absolute Gasteiger partial charge is 0.264 e. The number of thiophene rings is 1. The van der Waals surface area contributed by atoms with Crippen LogP contribution in [0.3, 0.4) is 0 Å². The molecule has 2 heterocycles. The van der Waals surface area contributed by atoms with E-state index < -0.39 is 0 Å². The van der Waals surface area contributed by atoms with E-state index in [1.165, 1.54) is 4.88 Å². The first-order valence-electron chi connectivity index (χ1n) is 6.38. The molecule has 1 aliphatic heterocycles. The highest BCUT2D eigenvalue weighted by Gasteiger charge is 2.25. The van der Waals surface area contributed by atoms with Gasteiger partial charge in [0.2, 0.25) is 0 Å². The van der Waals surface area contributed by atoms with Crippen LogP contribution in [0.15, 0.2) is 12.1 Å². The van der Waals surface area contributed by atoms with Crippen molar-refractivity contribution < 1.29 is 9.53 Å². The van der Waals surface area contributed by atoms with E-state index in [-0.39, 0.29) is 12.0 Å². The number of likely N-dealkylation sites (N-methyl/N-ethyl adjacent to an activating group) is 1. The molecule has 1 N–H and O–H groups in total. The average molecular weight is 268 g/mol. The lowest BCUT2D eigenvalue weighted by molar-refractivity contribution is -0.0194. The zero-order chi connectivity index (χ0) is 13.0. The van der Waals surface area contributed by atoms with Crippen molar-refractivity contribution in [3.8, 4) is 0 Å². The van der Waals surface area contributed by atoms with Crippen molar-refractivity contribution in [1.29, 1.82) is 0 Å². The van der Waals surface area contributed by atoms with E-state index in [1.807, 2.05) is 24.1 Å². The van der Waals surface area contributed by atoms with Gasteiger partial charge in [0.05, 0.1) is 17.6 Å². The second-order valence-corrected chi connectivity index (χ2v) is 5.59. The summed E-state index contributed by atoms with van der Waals surface area (Å²) in [5.74, 6) is 0.143. The minimum absolute atomic E-state index is 0.110. The summed E-state index contributed by atoms with van der Waals surface area (Å²) in [7, 11) is 1.90. The van der Waals surface area contributed by atoms with Crippen molar-refractivity contribution in [2.24, 2.45) is 0 Å². The summed E-state index contributed by atoms with van der Waals surface area (Å²) in [4.78, 5) is 16.3. The molecule has 100 valence electrons. The quantitative estimate of drug-likeness (QED) is 0.897. The van der Waals surface area contributed by atoms with E-state index in [1.54, 1.807) is 11.3 Å². The number of amides is 1. The number of hydrogen-bond donors (Lipinski definition) is 1. The summed E-state index contributed by atoms with van der Waals surface area (Å²) in [6.45, 7) is 4.90. The Hall–Kier alpha value is -0.910. The van der Waals surface area contributed by atoms with Gasteiger partial charge in [0, 0.05) is 24.5 Å². The summed E-state index contributed by atoms with van der Waals surface area (Å²) in [6, 6.07) is 3.98. The topological polar surface area (TPSA) is 41.6 Å². The van der Waals surface area contributed by atoms with Gasteiger partial charge < -0.3 is 15.0 Å². The van der Waals surface area contributed by atoms with E-state index in [4.69, 9.17) is 4.74 Å². The molecule has 1 aromatic rings. The molecule has 1 saturated heterocycles. The summed E-state index contributed by atoms with van der Waals surface area (Å²) < 4.78 is 5.61. The van der Waals surface area contributed by atoms with Crippen LogP contribution in [-0.2, 0) is 11.2 Å². The Morgan fingerprint density at radius 3 is 3.11 bits per heavy atom. The molecular formula is C13H20N2O2S. The molecule has 1 aliphatic rings. The second kappa shape index (κ2) is 6.31. The molecule has 18 heavy (non-hydrogen) atoms. The fourth-order valence-corrected chi connectivity index (χ4v) is 3.01. The van der Waals surface area contributed by atoms with Crippen LogP contribution < -0.4 is 5.32 Å². The van der Waals surface area contributed by atoms with Gasteiger partial charge >= 0.3 is 0 Å². The van der Waals surface area contributed by atoms with Crippen LogP contribution in [0.25, 0.3) is 0 Å². The lowest BCUT2D eigenvalue weighted by atomic mass is 10.2. The number of ether oxygens (including phenoxy) is 1. The Labute approximate surface area is 112 Å². The van der Waals surface area contributed by atoms with Crippen LogP contribution in [0.2, 0.25) is 0 Å². The first-order chi connectivity index (χ1) is 8.74. The molecule has 0 spiro atoms. The fraction of sp³-hybridized carbons (Fsp3) is 0.615. The van der Waals surface area contributed by atoms with Crippen molar-refractivity contribution in [2.75, 3.05) is 33.3 Å². The third-order valence-corrected chi connectivity index (χ3v) is 4.30. The third-order valence-electron chi connectivity index (χ3n) is 3.08. The molecule has 1 aromatic heterocycles. The first-order valence-corrected chi connectivity index (χ1v) is 7.20. The lowest BCUT2D eigenvalue weighted by Gasteiger charge is -2.32. The Bertz CT molecular complexity index is 403. The molecule has 0 saturated carbocycles. The molecule has 0 bridgehead atoms. The van der Waals surface area contributed by atoms with Crippen molar-refractivity contribution in [3.05, 3.63) is 21.9 Å². The van der Waals surface area contributed by atoms with Gasteiger partial charge in [-0.1, -0.05) is 6.92 Å². The van der Waals surface area contributed by atoms with Crippen LogP contribution in [0.1, 0.15) is 21.5 Å². The molecule has 2 rings (SSSR count). The van der Waals surface area contributed by atoms with Crippen molar-refractivity contribution in [3.63, 3.8) is 0 Å². The number of nitrogens with one attached hydrogen (secondary N) is 1. The Morgan fingerprint density at radius 1 is 1.61 bits per heavy atom. The molecule has 1 fully saturated rings. The normalized spacial score (nSPS) is 20.1. The van der Waals surface area contributed by atoms with Gasteiger partial charge in [-0.05, 0) is 25.6 Å². The maximum absolute atomic E-state index is 12.3. The van der Waals surface area contributed by atoms with E-state index in [2.05, 4.69) is 12.2 Å². The number of hydrogen-bond acceptors (Lipinski definition) is 4. The number of carbonyl (C=O) groups excluding carboxylic acids is 1. The largest absolute Gasteiger partial charge is 0.373 e. The maximum atomic E-state index is 12.3. The van der Waals surface area contributed by atoms with Gasteiger partial charge in [-0.25, -0.2) is 0 Å². The fourth-order valence-electron chi connectivity index (χ4n) is 2.09. The maximum Gasteiger partial charge on any atom is 0.264 e. The van der Waals surface area contributed by atoms with Crippen LogP contribution in [0.4, 0.5) is 0 Å². The van der Waals surface area contributed by atoms with E-state index in [9.17, 15) is 4.79 Å². The molecule has 4 nitrogen and oxygen atoms in total. The zero-order valence-electron chi connectivity index (χ0n) is 10.9. The highest BCUT2D eigenvalue weighted by molar-refractivity contribution is 7.14. The summed E-state index contributed by atoms with van der Waals surface area (Å²) in [5.41, 5.74) is 0. The molecule has 1 unspecified atom stereocenters. The average Bonchev–Trinajstić information content (AvgIpc) is 2.87. The standard InChI is InChI=1S/C13H20N2O2S/c1-3-11-4-5-12(18-11)13(16)15-6-7-17-10(9-15)8-14-2/h4-5,10,14H,3,6-9H2,1-2H3. The van der Waals surface area contributed by atoms with Gasteiger partial charge in [-0.2, -0.15) is 0 Å². The first kappa shape index (κ1) is 13.5. The van der Waals surface area contributed by atoms with Crippen LogP contribution >= 0.6 is 11.3 Å². The van der Waals surface area contributed by atoms with E-state index >= 15 is 0 Å². The summed E-state index contributed by atoms with van der Waals surface area (Å²) in [5, 5.41) is 3.09. The number of aryl methyl sites for hydroxylation is 1. The third kappa shape index (κ3) is 3.10. The zero-order valence-corrected chi connectivity index (χ0v) is 11.8. The highest BCUT2D eigenvalue weighted by Crippen LogP contribution is 2.20. The minimum Gasteiger partial charge on any atom is -0.373 e. The van der Waals surface area contributed by atoms with Gasteiger partial charge in [-0.3, -0.25) is 4.79 Å².